The van der Waals surface area contributed by atoms with Crippen LogP contribution < -0.4 is 10.8 Å². The molecule has 2 amide bonds. The Morgan fingerprint density at radius 3 is 2.34 bits per heavy atom. The SMILES string of the molecule is CO[C@H](/C=C/C(=O)NO)[C@H](OC(=O)Nc1ccc(C(C)=O)cc1)c1cc(Br)cc(Br)c1O. The molecule has 0 saturated heterocycles. The Hall–Kier alpha value is -2.73. The molecule has 11 heteroatoms. The first-order valence-electron chi connectivity index (χ1n) is 9.07. The van der Waals surface area contributed by atoms with Gasteiger partial charge in [-0.3, -0.25) is 20.1 Å². The molecule has 32 heavy (non-hydrogen) atoms. The minimum atomic E-state index is -1.19. The number of phenols is 1. The van der Waals surface area contributed by atoms with Gasteiger partial charge in [-0.1, -0.05) is 15.9 Å². The average molecular weight is 572 g/mol. The van der Waals surface area contributed by atoms with Crippen molar-refractivity contribution in [1.82, 2.24) is 5.48 Å². The molecule has 0 unspecified atom stereocenters. The minimum Gasteiger partial charge on any atom is -0.506 e. The Morgan fingerprint density at radius 1 is 1.12 bits per heavy atom. The third-order valence-electron chi connectivity index (χ3n) is 4.25. The Kier molecular flexibility index (Phi) is 9.39. The summed E-state index contributed by atoms with van der Waals surface area (Å²) in [7, 11) is 1.32. The topological polar surface area (TPSA) is 134 Å². The van der Waals surface area contributed by atoms with Crippen molar-refractivity contribution in [2.24, 2.45) is 0 Å². The smallest absolute Gasteiger partial charge is 0.412 e. The number of hydroxylamine groups is 1. The number of halogens is 2. The molecule has 0 heterocycles. The van der Waals surface area contributed by atoms with Crippen LogP contribution in [-0.2, 0) is 14.3 Å². The number of rotatable bonds is 8. The third kappa shape index (κ3) is 6.89. The summed E-state index contributed by atoms with van der Waals surface area (Å²) in [6.07, 6.45) is -0.812. The fourth-order valence-corrected chi connectivity index (χ4v) is 3.94. The maximum Gasteiger partial charge on any atom is 0.412 e. The van der Waals surface area contributed by atoms with E-state index >= 15 is 0 Å². The summed E-state index contributed by atoms with van der Waals surface area (Å²) in [4.78, 5) is 35.4. The highest BCUT2D eigenvalue weighted by Gasteiger charge is 2.29. The van der Waals surface area contributed by atoms with Gasteiger partial charge in [0.1, 0.15) is 11.9 Å². The highest BCUT2D eigenvalue weighted by Crippen LogP contribution is 2.39. The molecule has 0 aliphatic heterocycles. The van der Waals surface area contributed by atoms with E-state index in [1.54, 1.807) is 30.3 Å². The maximum absolute atomic E-state index is 12.6. The van der Waals surface area contributed by atoms with Gasteiger partial charge in [-0.2, -0.15) is 0 Å². The van der Waals surface area contributed by atoms with Crippen molar-refractivity contribution in [3.63, 3.8) is 0 Å². The van der Waals surface area contributed by atoms with Gasteiger partial charge < -0.3 is 14.6 Å². The van der Waals surface area contributed by atoms with Crippen molar-refractivity contribution in [3.05, 3.63) is 68.6 Å². The number of carbonyl (C=O) groups excluding carboxylic acids is 3. The summed E-state index contributed by atoms with van der Waals surface area (Å²) in [5.41, 5.74) is 2.50. The molecule has 4 N–H and O–H groups in total. The standard InChI is InChI=1S/C21H20Br2N2O7/c1-11(26)12-3-5-14(6-4-12)24-21(29)32-20(17(31-2)7-8-18(27)25-30)15-9-13(22)10-16(23)19(15)28/h3-10,17,20,28,30H,1-2H3,(H,24,29)(H,25,27)/b8-7+/t17-,20-/m1/s1. The number of anilines is 1. The normalized spacial score (nSPS) is 12.8. The lowest BCUT2D eigenvalue weighted by atomic mass is 10.0. The fourth-order valence-electron chi connectivity index (χ4n) is 2.68. The minimum absolute atomic E-state index is 0.114. The molecule has 0 aliphatic rings. The van der Waals surface area contributed by atoms with Crippen molar-refractivity contribution in [1.29, 1.82) is 0 Å². The molecule has 9 nitrogen and oxygen atoms in total. The predicted molar refractivity (Wildman–Crippen MR) is 123 cm³/mol. The van der Waals surface area contributed by atoms with E-state index in [9.17, 15) is 19.5 Å². The van der Waals surface area contributed by atoms with Crippen molar-refractivity contribution in [2.45, 2.75) is 19.1 Å². The number of amides is 2. The number of hydrogen-bond donors (Lipinski definition) is 4. The van der Waals surface area contributed by atoms with Crippen molar-refractivity contribution < 1.29 is 34.2 Å². The molecule has 170 valence electrons. The van der Waals surface area contributed by atoms with Crippen LogP contribution in [0.4, 0.5) is 10.5 Å². The van der Waals surface area contributed by atoms with Crippen molar-refractivity contribution >= 4 is 55.3 Å². The molecule has 0 radical (unpaired) electrons. The molecular formula is C21H20Br2N2O7. The first-order valence-corrected chi connectivity index (χ1v) is 10.7. The maximum atomic E-state index is 12.6. The quantitative estimate of drug-likeness (QED) is 0.159. The Morgan fingerprint density at radius 2 is 1.78 bits per heavy atom. The molecule has 2 atom stereocenters. The lowest BCUT2D eigenvalue weighted by molar-refractivity contribution is -0.124. The van der Waals surface area contributed by atoms with E-state index in [-0.39, 0.29) is 17.1 Å². The van der Waals surface area contributed by atoms with E-state index in [0.29, 0.717) is 20.2 Å². The molecule has 2 aromatic carbocycles. The summed E-state index contributed by atoms with van der Waals surface area (Å²) in [6.45, 7) is 1.43. The number of methoxy groups -OCH3 is 1. The number of ketones is 1. The van der Waals surface area contributed by atoms with E-state index in [0.717, 1.165) is 6.08 Å². The zero-order valence-electron chi connectivity index (χ0n) is 17.0. The van der Waals surface area contributed by atoms with Crippen LogP contribution in [0.25, 0.3) is 0 Å². The van der Waals surface area contributed by atoms with Gasteiger partial charge in [-0.15, -0.1) is 0 Å². The van der Waals surface area contributed by atoms with Crippen LogP contribution in [0.3, 0.4) is 0 Å². The highest BCUT2D eigenvalue weighted by atomic mass is 79.9. The largest absolute Gasteiger partial charge is 0.506 e. The lowest BCUT2D eigenvalue weighted by Crippen LogP contribution is -2.27. The second-order valence-electron chi connectivity index (χ2n) is 6.45. The Balaban J connectivity index is 2.35. The lowest BCUT2D eigenvalue weighted by Gasteiger charge is -2.25. The van der Waals surface area contributed by atoms with Crippen LogP contribution in [0.15, 0.2) is 57.5 Å². The molecule has 0 aliphatic carbocycles. The van der Waals surface area contributed by atoms with Crippen LogP contribution in [0, 0.1) is 0 Å². The molecule has 0 bridgehead atoms. The van der Waals surface area contributed by atoms with Gasteiger partial charge in [0, 0.05) is 34.5 Å². The van der Waals surface area contributed by atoms with Gasteiger partial charge in [-0.05, 0) is 65.3 Å². The Bertz CT molecular complexity index is 1030. The number of phenolic OH excluding ortho intramolecular Hbond substituents is 1. The molecule has 0 saturated carbocycles. The van der Waals surface area contributed by atoms with Crippen LogP contribution >= 0.6 is 31.9 Å². The zero-order valence-corrected chi connectivity index (χ0v) is 20.1. The zero-order chi connectivity index (χ0) is 23.8. The Labute approximate surface area is 200 Å². The average Bonchev–Trinajstić information content (AvgIpc) is 2.75. The summed E-state index contributed by atoms with van der Waals surface area (Å²) in [6, 6.07) is 9.33. The second kappa shape index (κ2) is 11.8. The van der Waals surface area contributed by atoms with Crippen molar-refractivity contribution in [3.8, 4) is 5.75 Å². The molecule has 0 spiro atoms. The third-order valence-corrected chi connectivity index (χ3v) is 5.32. The molecule has 0 fully saturated rings. The van der Waals surface area contributed by atoms with Crippen LogP contribution in [0.1, 0.15) is 28.9 Å². The number of ether oxygens (including phenoxy) is 2. The van der Waals surface area contributed by atoms with E-state index in [1.807, 2.05) is 0 Å². The molecule has 2 aromatic rings. The van der Waals surface area contributed by atoms with Gasteiger partial charge >= 0.3 is 6.09 Å². The van der Waals surface area contributed by atoms with Gasteiger partial charge in [0.15, 0.2) is 11.9 Å². The number of aromatic hydroxyl groups is 1. The number of benzene rings is 2. The van der Waals surface area contributed by atoms with Gasteiger partial charge in [0.2, 0.25) is 0 Å². The number of Topliss-reactive ketones (excluding diaryl/α,β-unsaturated/α-hetero) is 1. The van der Waals surface area contributed by atoms with Crippen LogP contribution in [0.5, 0.6) is 5.75 Å². The summed E-state index contributed by atoms with van der Waals surface area (Å²) < 4.78 is 11.8. The van der Waals surface area contributed by atoms with E-state index < -0.39 is 24.2 Å². The predicted octanol–water partition coefficient (Wildman–Crippen LogP) is 4.49. The monoisotopic (exact) mass is 570 g/mol. The first kappa shape index (κ1) is 25.5. The number of nitrogens with one attached hydrogen (secondary N) is 2. The van der Waals surface area contributed by atoms with Crippen LogP contribution in [-0.4, -0.2) is 41.3 Å². The summed E-state index contributed by atoms with van der Waals surface area (Å²) in [5.74, 6) is -1.13. The molecule has 2 rings (SSSR count). The highest BCUT2D eigenvalue weighted by molar-refractivity contribution is 9.11. The summed E-state index contributed by atoms with van der Waals surface area (Å²) in [5, 5.41) is 21.8. The first-order chi connectivity index (χ1) is 15.2. The second-order valence-corrected chi connectivity index (χ2v) is 8.22. The molecular weight excluding hydrogens is 552 g/mol. The van der Waals surface area contributed by atoms with Crippen molar-refractivity contribution in [2.75, 3.05) is 12.4 Å². The van der Waals surface area contributed by atoms with E-state index in [2.05, 4.69) is 37.2 Å². The van der Waals surface area contributed by atoms with Gasteiger partial charge in [0.05, 0.1) is 4.47 Å². The van der Waals surface area contributed by atoms with E-state index in [4.69, 9.17) is 14.7 Å². The fraction of sp³-hybridized carbons (Fsp3) is 0.190. The van der Waals surface area contributed by atoms with Gasteiger partial charge in [-0.25, -0.2) is 10.3 Å². The van der Waals surface area contributed by atoms with Gasteiger partial charge in [0.25, 0.3) is 5.91 Å². The molecule has 0 aromatic heterocycles. The summed E-state index contributed by atoms with van der Waals surface area (Å²) >= 11 is 6.55. The number of carbonyl (C=O) groups is 3. The number of hydrogen-bond acceptors (Lipinski definition) is 7. The van der Waals surface area contributed by atoms with Crippen LogP contribution in [0.2, 0.25) is 0 Å². The van der Waals surface area contributed by atoms with E-state index in [1.165, 1.54) is 31.7 Å².